The van der Waals surface area contributed by atoms with E-state index in [9.17, 15) is 9.18 Å². The molecular weight excluding hydrogens is 430 g/mol. The first-order chi connectivity index (χ1) is 16.0. The topological polar surface area (TPSA) is 97.0 Å². The smallest absolute Gasteiger partial charge is 0.335 e. The molecule has 0 saturated carbocycles. The largest absolute Gasteiger partial charge is 0.478 e. The molecule has 1 aliphatic rings. The lowest BCUT2D eigenvalue weighted by atomic mass is 10.0. The van der Waals surface area contributed by atoms with Crippen LogP contribution in [0.2, 0.25) is 0 Å². The molecule has 0 bridgehead atoms. The number of hydrogen-bond donors (Lipinski definition) is 1. The molecule has 168 valence electrons. The molecule has 1 saturated heterocycles. The molecule has 0 spiro atoms. The summed E-state index contributed by atoms with van der Waals surface area (Å²) < 4.78 is 31.3. The van der Waals surface area contributed by atoms with Crippen LogP contribution >= 0.6 is 0 Å². The van der Waals surface area contributed by atoms with Crippen LogP contribution in [0.1, 0.15) is 40.5 Å². The maximum atomic E-state index is 15.0. The standard InChI is InChI=1S/C23H20F2N6O2/c24-17-10-15(22(32)33)3-2-14(17)11-19-20-18(25)12-31(21(20)29-13-28-19)16-4-8-30(9-5-16)23-26-6-1-7-27-23/h1-3,6-7,10,12-13,16H,4-5,8-9,11H2,(H,32,33). The van der Waals surface area contributed by atoms with E-state index in [0.717, 1.165) is 32.0 Å². The number of halogens is 2. The van der Waals surface area contributed by atoms with Gasteiger partial charge in [-0.2, -0.15) is 0 Å². The van der Waals surface area contributed by atoms with E-state index in [1.54, 1.807) is 18.5 Å². The van der Waals surface area contributed by atoms with Crippen LogP contribution in [-0.2, 0) is 6.42 Å². The number of carbonyl (C=O) groups is 1. The molecular formula is C23H20F2N6O2. The number of benzene rings is 1. The Labute approximate surface area is 187 Å². The van der Waals surface area contributed by atoms with Gasteiger partial charge in [0.25, 0.3) is 0 Å². The molecule has 1 N–H and O–H groups in total. The summed E-state index contributed by atoms with van der Waals surface area (Å²) in [6.45, 7) is 1.46. The van der Waals surface area contributed by atoms with Crippen molar-refractivity contribution in [2.24, 2.45) is 0 Å². The SMILES string of the molecule is O=C(O)c1ccc(Cc2ncnc3c2c(F)cn3C2CCN(c3ncccn3)CC2)c(F)c1. The Balaban J connectivity index is 1.41. The fourth-order valence-corrected chi connectivity index (χ4v) is 4.31. The van der Waals surface area contributed by atoms with Crippen LogP contribution in [0.4, 0.5) is 14.7 Å². The second-order valence-electron chi connectivity index (χ2n) is 7.96. The van der Waals surface area contributed by atoms with Crippen molar-refractivity contribution in [1.29, 1.82) is 0 Å². The highest BCUT2D eigenvalue weighted by Crippen LogP contribution is 2.31. The third-order valence-electron chi connectivity index (χ3n) is 5.99. The number of fused-ring (bicyclic) bond motifs is 1. The number of hydrogen-bond acceptors (Lipinski definition) is 6. The number of aromatic carboxylic acids is 1. The van der Waals surface area contributed by atoms with Gasteiger partial charge in [-0.15, -0.1) is 0 Å². The highest BCUT2D eigenvalue weighted by Gasteiger charge is 2.26. The van der Waals surface area contributed by atoms with Gasteiger partial charge in [-0.3, -0.25) is 0 Å². The quantitative estimate of drug-likeness (QED) is 0.496. The summed E-state index contributed by atoms with van der Waals surface area (Å²) in [5, 5.41) is 9.28. The number of rotatable bonds is 5. The van der Waals surface area contributed by atoms with Gasteiger partial charge in [0.1, 0.15) is 17.8 Å². The molecule has 8 nitrogen and oxygen atoms in total. The molecule has 0 atom stereocenters. The lowest BCUT2D eigenvalue weighted by Gasteiger charge is -2.32. The maximum Gasteiger partial charge on any atom is 0.335 e. The normalized spacial score (nSPS) is 14.7. The lowest BCUT2D eigenvalue weighted by molar-refractivity contribution is 0.0696. The van der Waals surface area contributed by atoms with Crippen LogP contribution < -0.4 is 4.90 Å². The molecule has 0 unspecified atom stereocenters. The molecule has 1 aliphatic heterocycles. The minimum Gasteiger partial charge on any atom is -0.478 e. The predicted molar refractivity (Wildman–Crippen MR) is 116 cm³/mol. The number of aromatic nitrogens is 5. The van der Waals surface area contributed by atoms with Crippen molar-refractivity contribution in [3.63, 3.8) is 0 Å². The zero-order valence-corrected chi connectivity index (χ0v) is 17.5. The highest BCUT2D eigenvalue weighted by atomic mass is 19.1. The van der Waals surface area contributed by atoms with E-state index in [1.165, 1.54) is 24.7 Å². The van der Waals surface area contributed by atoms with Crippen molar-refractivity contribution in [2.75, 3.05) is 18.0 Å². The van der Waals surface area contributed by atoms with Crippen molar-refractivity contribution >= 4 is 23.0 Å². The predicted octanol–water partition coefficient (Wildman–Crippen LogP) is 3.63. The van der Waals surface area contributed by atoms with Crippen molar-refractivity contribution in [1.82, 2.24) is 24.5 Å². The van der Waals surface area contributed by atoms with Gasteiger partial charge >= 0.3 is 5.97 Å². The van der Waals surface area contributed by atoms with Gasteiger partial charge in [0.05, 0.1) is 16.6 Å². The van der Waals surface area contributed by atoms with Crippen molar-refractivity contribution < 1.29 is 18.7 Å². The number of carboxylic acids is 1. The highest BCUT2D eigenvalue weighted by molar-refractivity contribution is 5.87. The van der Waals surface area contributed by atoms with E-state index in [2.05, 4.69) is 24.8 Å². The zero-order valence-electron chi connectivity index (χ0n) is 17.5. The lowest BCUT2D eigenvalue weighted by Crippen LogP contribution is -2.35. The third-order valence-corrected chi connectivity index (χ3v) is 5.99. The summed E-state index contributed by atoms with van der Waals surface area (Å²) in [6.07, 6.45) is 7.77. The van der Waals surface area contributed by atoms with E-state index in [-0.39, 0.29) is 29.0 Å². The molecule has 5 rings (SSSR count). The zero-order chi connectivity index (χ0) is 22.9. The number of piperidine rings is 1. The van der Waals surface area contributed by atoms with Crippen molar-refractivity contribution in [3.8, 4) is 0 Å². The molecule has 1 aromatic carbocycles. The van der Waals surface area contributed by atoms with E-state index < -0.39 is 17.6 Å². The van der Waals surface area contributed by atoms with Gasteiger partial charge in [-0.05, 0) is 36.6 Å². The number of anilines is 1. The minimum absolute atomic E-state index is 0.0233. The van der Waals surface area contributed by atoms with Gasteiger partial charge in [-0.1, -0.05) is 6.07 Å². The van der Waals surface area contributed by atoms with Crippen LogP contribution in [0.15, 0.2) is 49.2 Å². The maximum absolute atomic E-state index is 15.0. The molecule has 4 heterocycles. The average Bonchev–Trinajstić information content (AvgIpc) is 3.18. The van der Waals surface area contributed by atoms with Gasteiger partial charge in [0, 0.05) is 44.1 Å². The fourth-order valence-electron chi connectivity index (χ4n) is 4.31. The molecule has 0 aliphatic carbocycles. The van der Waals surface area contributed by atoms with E-state index in [4.69, 9.17) is 5.11 Å². The molecule has 10 heteroatoms. The summed E-state index contributed by atoms with van der Waals surface area (Å²) in [4.78, 5) is 30.2. The van der Waals surface area contributed by atoms with Gasteiger partial charge < -0.3 is 14.6 Å². The van der Waals surface area contributed by atoms with Crippen LogP contribution in [-0.4, -0.2) is 48.7 Å². The van der Waals surface area contributed by atoms with Crippen LogP contribution in [0.25, 0.3) is 11.0 Å². The van der Waals surface area contributed by atoms with Crippen LogP contribution in [0, 0.1) is 11.6 Å². The summed E-state index contributed by atoms with van der Waals surface area (Å²) in [6, 6.07) is 5.50. The van der Waals surface area contributed by atoms with Crippen LogP contribution in [0.3, 0.4) is 0 Å². The number of carboxylic acid groups (broad SMARTS) is 1. The Morgan fingerprint density at radius 3 is 2.52 bits per heavy atom. The first-order valence-corrected chi connectivity index (χ1v) is 10.5. The van der Waals surface area contributed by atoms with Gasteiger partial charge in [0.2, 0.25) is 5.95 Å². The van der Waals surface area contributed by atoms with E-state index in [0.29, 0.717) is 17.3 Å². The summed E-state index contributed by atoms with van der Waals surface area (Å²) >= 11 is 0. The molecule has 3 aromatic heterocycles. The van der Waals surface area contributed by atoms with Crippen molar-refractivity contribution in [3.05, 3.63) is 77.6 Å². The second-order valence-corrected chi connectivity index (χ2v) is 7.96. The molecule has 0 radical (unpaired) electrons. The van der Waals surface area contributed by atoms with Gasteiger partial charge in [-0.25, -0.2) is 33.5 Å². The average molecular weight is 450 g/mol. The summed E-state index contributed by atoms with van der Waals surface area (Å²) in [7, 11) is 0. The Morgan fingerprint density at radius 2 is 1.82 bits per heavy atom. The molecule has 4 aromatic rings. The Kier molecular flexibility index (Phi) is 5.41. The Morgan fingerprint density at radius 1 is 1.06 bits per heavy atom. The second kappa shape index (κ2) is 8.53. The molecule has 33 heavy (non-hydrogen) atoms. The summed E-state index contributed by atoms with van der Waals surface area (Å²) in [5.41, 5.74) is 0.916. The minimum atomic E-state index is -1.21. The van der Waals surface area contributed by atoms with Crippen molar-refractivity contribution in [2.45, 2.75) is 25.3 Å². The molecule has 0 amide bonds. The molecule has 1 fully saturated rings. The summed E-state index contributed by atoms with van der Waals surface area (Å²) in [5.74, 6) is -1.66. The fraction of sp³-hybridized carbons (Fsp3) is 0.261. The first kappa shape index (κ1) is 20.9. The Hall–Kier alpha value is -3.95. The first-order valence-electron chi connectivity index (χ1n) is 10.5. The monoisotopic (exact) mass is 450 g/mol. The number of nitrogens with zero attached hydrogens (tertiary/aromatic N) is 6. The Bertz CT molecular complexity index is 1320. The van der Waals surface area contributed by atoms with Gasteiger partial charge in [0.15, 0.2) is 5.82 Å². The van der Waals surface area contributed by atoms with E-state index in [1.807, 2.05) is 4.57 Å². The van der Waals surface area contributed by atoms with Crippen LogP contribution in [0.5, 0.6) is 0 Å². The third kappa shape index (κ3) is 3.99. The van der Waals surface area contributed by atoms with E-state index >= 15 is 4.39 Å².